The van der Waals surface area contributed by atoms with Crippen LogP contribution in [0.2, 0.25) is 0 Å². The van der Waals surface area contributed by atoms with Crippen LogP contribution >= 0.6 is 0 Å². The molecule has 1 aliphatic heterocycles. The number of benzene rings is 1. The van der Waals surface area contributed by atoms with E-state index in [1.54, 1.807) is 7.11 Å². The van der Waals surface area contributed by atoms with Gasteiger partial charge in [0.15, 0.2) is 0 Å². The first-order valence-corrected chi connectivity index (χ1v) is 6.38. The van der Waals surface area contributed by atoms with Gasteiger partial charge >= 0.3 is 0 Å². The predicted octanol–water partition coefficient (Wildman–Crippen LogP) is 2.56. The van der Waals surface area contributed by atoms with Crippen LogP contribution in [-0.2, 0) is 0 Å². The highest BCUT2D eigenvalue weighted by Crippen LogP contribution is 2.17. The Morgan fingerprint density at radius 2 is 1.65 bits per heavy atom. The van der Waals surface area contributed by atoms with Crippen LogP contribution < -0.4 is 9.47 Å². The van der Waals surface area contributed by atoms with E-state index >= 15 is 0 Å². The summed E-state index contributed by atoms with van der Waals surface area (Å²) in [6.45, 7) is 4.26. The number of methoxy groups -OCH3 is 1. The molecule has 17 heavy (non-hydrogen) atoms. The van der Waals surface area contributed by atoms with E-state index in [2.05, 4.69) is 4.90 Å². The van der Waals surface area contributed by atoms with Gasteiger partial charge in [-0.05, 0) is 50.2 Å². The summed E-state index contributed by atoms with van der Waals surface area (Å²) in [6, 6.07) is 7.76. The molecular weight excluding hydrogens is 214 g/mol. The molecule has 1 aromatic carbocycles. The van der Waals surface area contributed by atoms with E-state index in [4.69, 9.17) is 9.47 Å². The minimum atomic E-state index is 0.770. The highest BCUT2D eigenvalue weighted by Gasteiger charge is 2.09. The third-order valence-corrected chi connectivity index (χ3v) is 3.18. The van der Waals surface area contributed by atoms with E-state index in [-0.39, 0.29) is 0 Å². The van der Waals surface area contributed by atoms with Crippen molar-refractivity contribution in [3.05, 3.63) is 24.3 Å². The molecule has 1 heterocycles. The van der Waals surface area contributed by atoms with Crippen LogP contribution in [0.3, 0.4) is 0 Å². The molecule has 3 nitrogen and oxygen atoms in total. The van der Waals surface area contributed by atoms with Crippen molar-refractivity contribution >= 4 is 0 Å². The molecule has 0 radical (unpaired) electrons. The Morgan fingerprint density at radius 1 is 1.00 bits per heavy atom. The lowest BCUT2D eigenvalue weighted by Gasteiger charge is -2.26. The molecule has 0 unspecified atom stereocenters. The number of likely N-dealkylation sites (tertiary alicyclic amines) is 1. The molecule has 94 valence electrons. The summed E-state index contributed by atoms with van der Waals surface area (Å²) in [5, 5.41) is 0. The molecular formula is C14H21NO2. The quantitative estimate of drug-likeness (QED) is 0.783. The summed E-state index contributed by atoms with van der Waals surface area (Å²) in [5.41, 5.74) is 0. The lowest BCUT2D eigenvalue weighted by Crippen LogP contribution is -2.33. The topological polar surface area (TPSA) is 21.7 Å². The minimum absolute atomic E-state index is 0.770. The molecule has 0 N–H and O–H groups in total. The zero-order valence-corrected chi connectivity index (χ0v) is 10.5. The Bertz CT molecular complexity index is 317. The van der Waals surface area contributed by atoms with Crippen molar-refractivity contribution in [2.75, 3.05) is 33.4 Å². The molecule has 0 aromatic heterocycles. The highest BCUT2D eigenvalue weighted by atomic mass is 16.5. The third-order valence-electron chi connectivity index (χ3n) is 3.18. The maximum atomic E-state index is 5.71. The molecule has 0 saturated carbocycles. The van der Waals surface area contributed by atoms with Crippen LogP contribution in [0.1, 0.15) is 19.3 Å². The Hall–Kier alpha value is -1.22. The summed E-state index contributed by atoms with van der Waals surface area (Å²) < 4.78 is 10.8. The normalized spacial score (nSPS) is 16.8. The zero-order chi connectivity index (χ0) is 11.9. The van der Waals surface area contributed by atoms with E-state index in [0.717, 1.165) is 24.7 Å². The zero-order valence-electron chi connectivity index (χ0n) is 10.5. The molecule has 1 fully saturated rings. The van der Waals surface area contributed by atoms with E-state index in [1.165, 1.54) is 32.4 Å². The van der Waals surface area contributed by atoms with E-state index < -0.39 is 0 Å². The molecule has 0 amide bonds. The van der Waals surface area contributed by atoms with Gasteiger partial charge in [-0.25, -0.2) is 0 Å². The Kier molecular flexibility index (Phi) is 4.68. The van der Waals surface area contributed by atoms with Crippen LogP contribution in [0.25, 0.3) is 0 Å². The van der Waals surface area contributed by atoms with Crippen molar-refractivity contribution < 1.29 is 9.47 Å². The monoisotopic (exact) mass is 235 g/mol. The van der Waals surface area contributed by atoms with Crippen LogP contribution in [0, 0.1) is 0 Å². The van der Waals surface area contributed by atoms with Crippen molar-refractivity contribution in [1.82, 2.24) is 4.90 Å². The van der Waals surface area contributed by atoms with Crippen LogP contribution in [-0.4, -0.2) is 38.3 Å². The lowest BCUT2D eigenvalue weighted by molar-refractivity contribution is 0.183. The van der Waals surface area contributed by atoms with Crippen molar-refractivity contribution in [2.45, 2.75) is 19.3 Å². The van der Waals surface area contributed by atoms with Gasteiger partial charge in [-0.1, -0.05) is 6.42 Å². The van der Waals surface area contributed by atoms with E-state index in [0.29, 0.717) is 0 Å². The number of rotatable bonds is 5. The minimum Gasteiger partial charge on any atom is -0.497 e. The fourth-order valence-electron chi connectivity index (χ4n) is 2.15. The number of ether oxygens (including phenoxy) is 2. The Morgan fingerprint density at radius 3 is 2.29 bits per heavy atom. The lowest BCUT2D eigenvalue weighted by atomic mass is 10.1. The molecule has 0 aliphatic carbocycles. The van der Waals surface area contributed by atoms with Gasteiger partial charge in [-0.2, -0.15) is 0 Å². The van der Waals surface area contributed by atoms with Crippen LogP contribution in [0.15, 0.2) is 24.3 Å². The average Bonchev–Trinajstić information content (AvgIpc) is 2.41. The molecule has 2 rings (SSSR count). The van der Waals surface area contributed by atoms with E-state index in [1.807, 2.05) is 24.3 Å². The number of nitrogens with zero attached hydrogens (tertiary/aromatic N) is 1. The summed E-state index contributed by atoms with van der Waals surface area (Å²) >= 11 is 0. The van der Waals surface area contributed by atoms with Gasteiger partial charge in [0.25, 0.3) is 0 Å². The average molecular weight is 235 g/mol. The van der Waals surface area contributed by atoms with Crippen molar-refractivity contribution in [2.24, 2.45) is 0 Å². The third kappa shape index (κ3) is 3.93. The molecule has 0 atom stereocenters. The standard InChI is InChI=1S/C14H21NO2/c1-16-13-5-7-14(8-6-13)17-12-11-15-9-3-2-4-10-15/h5-8H,2-4,9-12H2,1H3. The van der Waals surface area contributed by atoms with Crippen molar-refractivity contribution in [3.63, 3.8) is 0 Å². The summed E-state index contributed by atoms with van der Waals surface area (Å²) in [6.07, 6.45) is 4.06. The molecule has 0 bridgehead atoms. The molecule has 1 aromatic rings. The number of piperidine rings is 1. The van der Waals surface area contributed by atoms with Crippen molar-refractivity contribution in [3.8, 4) is 11.5 Å². The van der Waals surface area contributed by atoms with Gasteiger partial charge in [0.2, 0.25) is 0 Å². The summed E-state index contributed by atoms with van der Waals surface area (Å²) in [7, 11) is 1.67. The molecule has 3 heteroatoms. The fourth-order valence-corrected chi connectivity index (χ4v) is 2.15. The van der Waals surface area contributed by atoms with Gasteiger partial charge in [0, 0.05) is 6.54 Å². The second-order valence-electron chi connectivity index (χ2n) is 4.43. The fraction of sp³-hybridized carbons (Fsp3) is 0.571. The predicted molar refractivity (Wildman–Crippen MR) is 68.8 cm³/mol. The molecule has 0 spiro atoms. The van der Waals surface area contributed by atoms with Gasteiger partial charge in [-0.15, -0.1) is 0 Å². The first-order valence-electron chi connectivity index (χ1n) is 6.38. The van der Waals surface area contributed by atoms with E-state index in [9.17, 15) is 0 Å². The SMILES string of the molecule is COc1ccc(OCCN2CCCCC2)cc1. The maximum Gasteiger partial charge on any atom is 0.119 e. The smallest absolute Gasteiger partial charge is 0.119 e. The van der Waals surface area contributed by atoms with Crippen LogP contribution in [0.4, 0.5) is 0 Å². The first-order chi connectivity index (χ1) is 8.38. The van der Waals surface area contributed by atoms with Crippen LogP contribution in [0.5, 0.6) is 11.5 Å². The summed E-state index contributed by atoms with van der Waals surface area (Å²) in [4.78, 5) is 2.48. The second-order valence-corrected chi connectivity index (χ2v) is 4.43. The van der Waals surface area contributed by atoms with Gasteiger partial charge in [0.1, 0.15) is 18.1 Å². The first kappa shape index (κ1) is 12.2. The number of hydrogen-bond donors (Lipinski definition) is 0. The number of hydrogen-bond acceptors (Lipinski definition) is 3. The summed E-state index contributed by atoms with van der Waals surface area (Å²) in [5.74, 6) is 1.79. The Balaban J connectivity index is 1.69. The van der Waals surface area contributed by atoms with Gasteiger partial charge in [0.05, 0.1) is 7.11 Å². The maximum absolute atomic E-state index is 5.71. The molecule has 1 saturated heterocycles. The Labute approximate surface area is 103 Å². The van der Waals surface area contributed by atoms with Crippen molar-refractivity contribution in [1.29, 1.82) is 0 Å². The second kappa shape index (κ2) is 6.50. The largest absolute Gasteiger partial charge is 0.497 e. The molecule has 1 aliphatic rings. The van der Waals surface area contributed by atoms with Gasteiger partial charge < -0.3 is 9.47 Å². The van der Waals surface area contributed by atoms with Gasteiger partial charge in [-0.3, -0.25) is 4.90 Å². The highest BCUT2D eigenvalue weighted by molar-refractivity contribution is 5.31.